The molecule has 9 heteroatoms. The van der Waals surface area contributed by atoms with E-state index in [0.717, 1.165) is 0 Å². The summed E-state index contributed by atoms with van der Waals surface area (Å²) < 4.78 is 7.65. The minimum Gasteiger partial charge on any atom is -0.486 e. The number of thiophene rings is 1. The Balaban J connectivity index is 1.56. The lowest BCUT2D eigenvalue weighted by Gasteiger charge is -2.09. The van der Waals surface area contributed by atoms with E-state index in [-0.39, 0.29) is 18.3 Å². The van der Waals surface area contributed by atoms with Crippen molar-refractivity contribution in [3.8, 4) is 5.75 Å². The zero-order valence-corrected chi connectivity index (χ0v) is 18.3. The van der Waals surface area contributed by atoms with E-state index < -0.39 is 0 Å². The Morgan fingerprint density at radius 2 is 2.14 bits per heavy atom. The van der Waals surface area contributed by atoms with E-state index in [2.05, 4.69) is 22.1 Å². The van der Waals surface area contributed by atoms with Gasteiger partial charge in [0, 0.05) is 16.4 Å². The van der Waals surface area contributed by atoms with E-state index in [0.29, 0.717) is 34.8 Å². The normalized spacial score (nSPS) is 10.7. The molecule has 0 saturated carbocycles. The highest BCUT2D eigenvalue weighted by atomic mass is 35.5. The number of hydrogen-bond acceptors (Lipinski definition) is 6. The molecule has 29 heavy (non-hydrogen) atoms. The molecule has 2 aromatic heterocycles. The number of thioether (sulfide) groups is 1. The van der Waals surface area contributed by atoms with Crippen LogP contribution >= 0.6 is 34.7 Å². The fraction of sp³-hybridized carbons (Fsp3) is 0.250. The molecule has 0 unspecified atom stereocenters. The van der Waals surface area contributed by atoms with Crippen molar-refractivity contribution in [1.29, 1.82) is 0 Å². The number of nitrogens with one attached hydrogen (secondary N) is 1. The number of aryl methyl sites for hydroxylation is 1. The summed E-state index contributed by atoms with van der Waals surface area (Å²) in [7, 11) is 0. The molecule has 0 radical (unpaired) electrons. The second kappa shape index (κ2) is 10.5. The van der Waals surface area contributed by atoms with Crippen LogP contribution in [0.5, 0.6) is 5.75 Å². The Labute approximate surface area is 182 Å². The lowest BCUT2D eigenvalue weighted by atomic mass is 10.3. The molecule has 0 atom stereocenters. The molecule has 0 fully saturated rings. The summed E-state index contributed by atoms with van der Waals surface area (Å²) in [6.45, 7) is 7.16. The second-order valence-corrected chi connectivity index (χ2v) is 8.51. The number of allylic oxidation sites excluding steroid dienone is 1. The van der Waals surface area contributed by atoms with Gasteiger partial charge < -0.3 is 10.1 Å². The highest BCUT2D eigenvalue weighted by Gasteiger charge is 2.14. The minimum atomic E-state index is -0.0464. The van der Waals surface area contributed by atoms with Crippen molar-refractivity contribution in [2.24, 2.45) is 0 Å². The molecule has 152 valence electrons. The first-order valence-electron chi connectivity index (χ1n) is 8.90. The van der Waals surface area contributed by atoms with Crippen LogP contribution in [-0.4, -0.2) is 26.4 Å². The standard InChI is InChI=1S/C20H21ClN4O2S2/c1-3-9-25-18(12-27-16-6-4-15(21)5-7-16)23-24-20(25)29-13-19(26)22-11-17-14(2)8-10-28-17/h3-8,10H,1,9,11-13H2,2H3,(H,22,26). The summed E-state index contributed by atoms with van der Waals surface area (Å²) in [6.07, 6.45) is 1.76. The third-order valence-corrected chi connectivity index (χ3v) is 6.28. The Kier molecular flexibility index (Phi) is 7.74. The topological polar surface area (TPSA) is 69.0 Å². The summed E-state index contributed by atoms with van der Waals surface area (Å²) in [5.74, 6) is 1.57. The average Bonchev–Trinajstić information content (AvgIpc) is 3.30. The van der Waals surface area contributed by atoms with Gasteiger partial charge in [-0.3, -0.25) is 9.36 Å². The minimum absolute atomic E-state index is 0.0464. The van der Waals surface area contributed by atoms with E-state index in [1.807, 2.05) is 22.9 Å². The number of hydrogen-bond donors (Lipinski definition) is 1. The van der Waals surface area contributed by atoms with Crippen LogP contribution in [-0.2, 0) is 24.5 Å². The number of benzene rings is 1. The van der Waals surface area contributed by atoms with Gasteiger partial charge in [-0.1, -0.05) is 29.4 Å². The van der Waals surface area contributed by atoms with Crippen molar-refractivity contribution in [3.63, 3.8) is 0 Å². The number of amides is 1. The van der Waals surface area contributed by atoms with Gasteiger partial charge in [-0.25, -0.2) is 0 Å². The smallest absolute Gasteiger partial charge is 0.230 e. The molecule has 2 heterocycles. The van der Waals surface area contributed by atoms with Gasteiger partial charge in [0.2, 0.25) is 5.91 Å². The highest BCUT2D eigenvalue weighted by molar-refractivity contribution is 7.99. The first-order chi connectivity index (χ1) is 14.1. The van der Waals surface area contributed by atoms with Gasteiger partial charge in [0.15, 0.2) is 11.0 Å². The van der Waals surface area contributed by atoms with Gasteiger partial charge in [0.25, 0.3) is 0 Å². The maximum absolute atomic E-state index is 12.2. The first-order valence-corrected chi connectivity index (χ1v) is 11.1. The van der Waals surface area contributed by atoms with Crippen LogP contribution in [0, 0.1) is 6.92 Å². The number of aromatic nitrogens is 3. The molecule has 0 aliphatic rings. The van der Waals surface area contributed by atoms with Crippen molar-refractivity contribution < 1.29 is 9.53 Å². The molecule has 3 aromatic rings. The van der Waals surface area contributed by atoms with Crippen LogP contribution in [0.4, 0.5) is 0 Å². The molecule has 0 aliphatic carbocycles. The number of halogens is 1. The molecule has 1 aromatic carbocycles. The molecule has 1 N–H and O–H groups in total. The fourth-order valence-electron chi connectivity index (χ4n) is 2.47. The molecule has 0 bridgehead atoms. The second-order valence-electron chi connectivity index (χ2n) is 6.13. The number of carbonyl (C=O) groups excluding carboxylic acids is 1. The summed E-state index contributed by atoms with van der Waals surface area (Å²) >= 11 is 8.87. The van der Waals surface area contributed by atoms with Crippen LogP contribution in [0.15, 0.2) is 53.5 Å². The molecule has 3 rings (SSSR count). The predicted octanol–water partition coefficient (Wildman–Crippen LogP) is 4.47. The van der Waals surface area contributed by atoms with E-state index >= 15 is 0 Å². The maximum Gasteiger partial charge on any atom is 0.230 e. The summed E-state index contributed by atoms with van der Waals surface area (Å²) in [4.78, 5) is 13.4. The molecule has 1 amide bonds. The summed E-state index contributed by atoms with van der Waals surface area (Å²) in [6, 6.07) is 9.18. The third-order valence-electron chi connectivity index (χ3n) is 4.03. The van der Waals surface area contributed by atoms with E-state index in [1.54, 1.807) is 41.7 Å². The number of ether oxygens (including phenoxy) is 1. The monoisotopic (exact) mass is 448 g/mol. The van der Waals surface area contributed by atoms with Crippen molar-refractivity contribution in [2.75, 3.05) is 5.75 Å². The predicted molar refractivity (Wildman–Crippen MR) is 118 cm³/mol. The summed E-state index contributed by atoms with van der Waals surface area (Å²) in [5.41, 5.74) is 1.19. The first kappa shape index (κ1) is 21.4. The third kappa shape index (κ3) is 6.09. The number of nitrogens with zero attached hydrogens (tertiary/aromatic N) is 3. The SMILES string of the molecule is C=CCn1c(COc2ccc(Cl)cc2)nnc1SCC(=O)NCc1sccc1C. The van der Waals surface area contributed by atoms with E-state index in [4.69, 9.17) is 16.3 Å². The average molecular weight is 449 g/mol. The van der Waals surface area contributed by atoms with Gasteiger partial charge in [0.05, 0.1) is 12.3 Å². The van der Waals surface area contributed by atoms with Gasteiger partial charge in [-0.2, -0.15) is 0 Å². The molecule has 0 aliphatic heterocycles. The van der Waals surface area contributed by atoms with Gasteiger partial charge in [-0.05, 0) is 48.2 Å². The van der Waals surface area contributed by atoms with Gasteiger partial charge in [0.1, 0.15) is 12.4 Å². The Morgan fingerprint density at radius 3 is 2.83 bits per heavy atom. The number of rotatable bonds is 10. The van der Waals surface area contributed by atoms with Crippen LogP contribution in [0.3, 0.4) is 0 Å². The van der Waals surface area contributed by atoms with E-state index in [1.165, 1.54) is 22.2 Å². The Hall–Kier alpha value is -2.29. The molecule has 6 nitrogen and oxygen atoms in total. The van der Waals surface area contributed by atoms with Gasteiger partial charge in [-0.15, -0.1) is 28.1 Å². The van der Waals surface area contributed by atoms with Crippen LogP contribution < -0.4 is 10.1 Å². The maximum atomic E-state index is 12.2. The largest absolute Gasteiger partial charge is 0.486 e. The van der Waals surface area contributed by atoms with Crippen molar-refractivity contribution >= 4 is 40.6 Å². The fourth-order valence-corrected chi connectivity index (χ4v) is 4.24. The lowest BCUT2D eigenvalue weighted by Crippen LogP contribution is -2.24. The quantitative estimate of drug-likeness (QED) is 0.366. The summed E-state index contributed by atoms with van der Waals surface area (Å²) in [5, 5.41) is 14.7. The van der Waals surface area contributed by atoms with Crippen LogP contribution in [0.2, 0.25) is 5.02 Å². The molecular formula is C20H21ClN4O2S2. The molecular weight excluding hydrogens is 428 g/mol. The lowest BCUT2D eigenvalue weighted by molar-refractivity contribution is -0.118. The van der Waals surface area contributed by atoms with Crippen LogP contribution in [0.1, 0.15) is 16.3 Å². The molecule has 0 saturated heterocycles. The van der Waals surface area contributed by atoms with Crippen molar-refractivity contribution in [2.45, 2.75) is 31.8 Å². The zero-order chi connectivity index (χ0) is 20.6. The zero-order valence-electron chi connectivity index (χ0n) is 15.9. The van der Waals surface area contributed by atoms with Crippen molar-refractivity contribution in [1.82, 2.24) is 20.1 Å². The molecule has 0 spiro atoms. The van der Waals surface area contributed by atoms with Crippen LogP contribution in [0.25, 0.3) is 0 Å². The Morgan fingerprint density at radius 1 is 1.34 bits per heavy atom. The van der Waals surface area contributed by atoms with Crippen molar-refractivity contribution in [3.05, 3.63) is 69.7 Å². The van der Waals surface area contributed by atoms with E-state index in [9.17, 15) is 4.79 Å². The Bertz CT molecular complexity index is 969. The number of carbonyl (C=O) groups is 1. The highest BCUT2D eigenvalue weighted by Crippen LogP contribution is 2.20. The van der Waals surface area contributed by atoms with Gasteiger partial charge >= 0.3 is 0 Å².